The number of nitrogens with one attached hydrogen (secondary N) is 1. The Morgan fingerprint density at radius 1 is 0.900 bits per heavy atom. The average Bonchev–Trinajstić information content (AvgIpc) is 3.21. The molecular formula is C25H29N3O2. The van der Waals surface area contributed by atoms with Gasteiger partial charge in [0.2, 0.25) is 11.8 Å². The minimum atomic E-state index is -0.567. The van der Waals surface area contributed by atoms with Crippen LogP contribution in [0.25, 0.3) is 10.9 Å². The molecule has 5 heteroatoms. The second-order valence-corrected chi connectivity index (χ2v) is 8.52. The summed E-state index contributed by atoms with van der Waals surface area (Å²) in [6.45, 7) is 6.33. The average molecular weight is 404 g/mol. The minimum absolute atomic E-state index is 0.125. The molecular weight excluding hydrogens is 374 g/mol. The molecule has 2 heterocycles. The van der Waals surface area contributed by atoms with Crippen LogP contribution in [0.2, 0.25) is 0 Å². The summed E-state index contributed by atoms with van der Waals surface area (Å²) in [5, 5.41) is 1.18. The first-order valence-corrected chi connectivity index (χ1v) is 10.6. The van der Waals surface area contributed by atoms with Crippen LogP contribution in [-0.2, 0) is 21.4 Å². The van der Waals surface area contributed by atoms with Gasteiger partial charge in [-0.05, 0) is 37.5 Å². The topological polar surface area (TPSA) is 56.4 Å². The van der Waals surface area contributed by atoms with Gasteiger partial charge in [-0.2, -0.15) is 0 Å². The fourth-order valence-electron chi connectivity index (χ4n) is 4.27. The second-order valence-electron chi connectivity index (χ2n) is 8.52. The first kappa shape index (κ1) is 20.2. The molecule has 1 N–H and O–H groups in total. The number of benzene rings is 2. The van der Waals surface area contributed by atoms with Crippen molar-refractivity contribution in [2.24, 2.45) is 0 Å². The van der Waals surface area contributed by atoms with Gasteiger partial charge in [0.1, 0.15) is 0 Å². The Hall–Kier alpha value is -3.08. The van der Waals surface area contributed by atoms with E-state index in [0.29, 0.717) is 32.6 Å². The van der Waals surface area contributed by atoms with Crippen molar-refractivity contribution in [1.29, 1.82) is 0 Å². The van der Waals surface area contributed by atoms with Gasteiger partial charge in [0, 0.05) is 49.7 Å². The van der Waals surface area contributed by atoms with E-state index in [2.05, 4.69) is 11.1 Å². The first-order chi connectivity index (χ1) is 14.5. The van der Waals surface area contributed by atoms with Crippen molar-refractivity contribution >= 4 is 22.7 Å². The molecule has 5 nitrogen and oxygen atoms in total. The number of amides is 2. The minimum Gasteiger partial charge on any atom is -0.361 e. The molecule has 0 bridgehead atoms. The summed E-state index contributed by atoms with van der Waals surface area (Å²) in [6, 6.07) is 18.1. The van der Waals surface area contributed by atoms with Crippen molar-refractivity contribution < 1.29 is 9.59 Å². The van der Waals surface area contributed by atoms with Gasteiger partial charge in [0.25, 0.3) is 0 Å². The molecule has 30 heavy (non-hydrogen) atoms. The van der Waals surface area contributed by atoms with Crippen LogP contribution in [0.3, 0.4) is 0 Å². The molecule has 0 unspecified atom stereocenters. The Morgan fingerprint density at radius 2 is 1.53 bits per heavy atom. The van der Waals surface area contributed by atoms with Crippen molar-refractivity contribution in [3.63, 3.8) is 0 Å². The number of aryl methyl sites for hydroxylation is 1. The number of piperazine rings is 1. The highest BCUT2D eigenvalue weighted by Gasteiger charge is 2.35. The first-order valence-electron chi connectivity index (χ1n) is 10.6. The fourth-order valence-corrected chi connectivity index (χ4v) is 4.27. The molecule has 0 spiro atoms. The van der Waals surface area contributed by atoms with Crippen LogP contribution in [0.15, 0.2) is 60.8 Å². The van der Waals surface area contributed by atoms with E-state index in [-0.39, 0.29) is 11.8 Å². The largest absolute Gasteiger partial charge is 0.361 e. The normalized spacial score (nSPS) is 14.9. The predicted molar refractivity (Wildman–Crippen MR) is 119 cm³/mol. The van der Waals surface area contributed by atoms with Crippen LogP contribution in [0.1, 0.15) is 31.4 Å². The maximum absolute atomic E-state index is 13.1. The summed E-state index contributed by atoms with van der Waals surface area (Å²) in [4.78, 5) is 32.9. The lowest BCUT2D eigenvalue weighted by molar-refractivity contribution is -0.142. The fraction of sp³-hybridized carbons (Fsp3) is 0.360. The third-order valence-corrected chi connectivity index (χ3v) is 6.23. The molecule has 0 radical (unpaired) electrons. The zero-order chi connectivity index (χ0) is 21.1. The molecule has 2 amide bonds. The van der Waals surface area contributed by atoms with E-state index in [0.717, 1.165) is 17.5 Å². The van der Waals surface area contributed by atoms with Gasteiger partial charge in [-0.15, -0.1) is 0 Å². The van der Waals surface area contributed by atoms with E-state index >= 15 is 0 Å². The van der Waals surface area contributed by atoms with E-state index in [9.17, 15) is 9.59 Å². The standard InChI is InChI=1S/C25H29N3O2/c1-25(2,20-8-4-3-5-9-20)24(30)28-16-14-27(15-17-28)23(29)13-12-19-18-26-22-11-7-6-10-21(19)22/h3-11,18,26H,12-17H2,1-2H3. The highest BCUT2D eigenvalue weighted by atomic mass is 16.2. The molecule has 0 aliphatic carbocycles. The molecule has 1 fully saturated rings. The zero-order valence-electron chi connectivity index (χ0n) is 17.7. The van der Waals surface area contributed by atoms with E-state index in [1.807, 2.05) is 78.4 Å². The van der Waals surface area contributed by atoms with Gasteiger partial charge in [-0.1, -0.05) is 48.5 Å². The van der Waals surface area contributed by atoms with Gasteiger partial charge < -0.3 is 14.8 Å². The van der Waals surface area contributed by atoms with E-state index in [1.54, 1.807) is 0 Å². The van der Waals surface area contributed by atoms with Crippen molar-refractivity contribution in [2.45, 2.75) is 32.1 Å². The van der Waals surface area contributed by atoms with Crippen molar-refractivity contribution in [3.05, 3.63) is 71.9 Å². The summed E-state index contributed by atoms with van der Waals surface area (Å²) in [7, 11) is 0. The summed E-state index contributed by atoms with van der Waals surface area (Å²) >= 11 is 0. The monoisotopic (exact) mass is 403 g/mol. The molecule has 4 rings (SSSR count). The zero-order valence-corrected chi connectivity index (χ0v) is 17.7. The van der Waals surface area contributed by atoms with Crippen LogP contribution >= 0.6 is 0 Å². The smallest absolute Gasteiger partial charge is 0.232 e. The number of para-hydroxylation sites is 1. The number of fused-ring (bicyclic) bond motifs is 1. The Kier molecular flexibility index (Phi) is 5.62. The molecule has 1 saturated heterocycles. The number of carbonyl (C=O) groups is 2. The summed E-state index contributed by atoms with van der Waals surface area (Å²) in [5.74, 6) is 0.286. The maximum Gasteiger partial charge on any atom is 0.232 e. The quantitative estimate of drug-likeness (QED) is 0.705. The summed E-state index contributed by atoms with van der Waals surface area (Å²) < 4.78 is 0. The number of aromatic amines is 1. The van der Waals surface area contributed by atoms with Crippen molar-refractivity contribution in [2.75, 3.05) is 26.2 Å². The van der Waals surface area contributed by atoms with Gasteiger partial charge in [-0.3, -0.25) is 9.59 Å². The second kappa shape index (κ2) is 8.34. The van der Waals surface area contributed by atoms with Gasteiger partial charge >= 0.3 is 0 Å². The lowest BCUT2D eigenvalue weighted by Gasteiger charge is -2.39. The lowest BCUT2D eigenvalue weighted by atomic mass is 9.83. The number of carbonyl (C=O) groups excluding carboxylic acids is 2. The Balaban J connectivity index is 1.31. The number of nitrogens with zero attached hydrogens (tertiary/aromatic N) is 2. The molecule has 2 aromatic carbocycles. The highest BCUT2D eigenvalue weighted by Crippen LogP contribution is 2.26. The van der Waals surface area contributed by atoms with Crippen LogP contribution in [-0.4, -0.2) is 52.8 Å². The molecule has 0 atom stereocenters. The molecule has 1 aliphatic rings. The van der Waals surface area contributed by atoms with Crippen molar-refractivity contribution in [3.8, 4) is 0 Å². The van der Waals surface area contributed by atoms with Crippen LogP contribution < -0.4 is 0 Å². The SMILES string of the molecule is CC(C)(C(=O)N1CCN(C(=O)CCc2c[nH]c3ccccc23)CC1)c1ccccc1. The molecule has 3 aromatic rings. The van der Waals surface area contributed by atoms with Crippen LogP contribution in [0, 0.1) is 0 Å². The number of aromatic nitrogens is 1. The summed E-state index contributed by atoms with van der Waals surface area (Å²) in [6.07, 6.45) is 3.22. The Morgan fingerprint density at radius 3 is 2.27 bits per heavy atom. The predicted octanol–water partition coefficient (Wildman–Crippen LogP) is 3.75. The van der Waals surface area contributed by atoms with Gasteiger partial charge in [-0.25, -0.2) is 0 Å². The van der Waals surface area contributed by atoms with Gasteiger partial charge in [0.15, 0.2) is 0 Å². The number of H-pyrrole nitrogens is 1. The number of rotatable bonds is 5. The van der Waals surface area contributed by atoms with E-state index in [1.165, 1.54) is 10.9 Å². The molecule has 1 aromatic heterocycles. The number of hydrogen-bond donors (Lipinski definition) is 1. The highest BCUT2D eigenvalue weighted by molar-refractivity contribution is 5.88. The third kappa shape index (κ3) is 3.97. The van der Waals surface area contributed by atoms with Crippen molar-refractivity contribution in [1.82, 2.24) is 14.8 Å². The van der Waals surface area contributed by atoms with Gasteiger partial charge in [0.05, 0.1) is 5.41 Å². The third-order valence-electron chi connectivity index (χ3n) is 6.23. The van der Waals surface area contributed by atoms with E-state index < -0.39 is 5.41 Å². The Bertz CT molecular complexity index is 1030. The lowest BCUT2D eigenvalue weighted by Crippen LogP contribution is -2.54. The number of hydrogen-bond acceptors (Lipinski definition) is 2. The molecule has 1 aliphatic heterocycles. The Labute approximate surface area is 177 Å². The van der Waals surface area contributed by atoms with Crippen LogP contribution in [0.5, 0.6) is 0 Å². The molecule has 156 valence electrons. The van der Waals surface area contributed by atoms with Crippen LogP contribution in [0.4, 0.5) is 0 Å². The van der Waals surface area contributed by atoms with E-state index in [4.69, 9.17) is 0 Å². The molecule has 0 saturated carbocycles. The summed E-state index contributed by atoms with van der Waals surface area (Å²) in [5.41, 5.74) is 2.74. The maximum atomic E-state index is 13.1.